The lowest BCUT2D eigenvalue weighted by Gasteiger charge is -2.04. The van der Waals surface area contributed by atoms with E-state index in [-0.39, 0.29) is 6.10 Å². The van der Waals surface area contributed by atoms with Crippen molar-refractivity contribution in [2.45, 2.75) is 26.6 Å². The van der Waals surface area contributed by atoms with Gasteiger partial charge in [0.05, 0.1) is 17.2 Å². The first-order valence-electron chi connectivity index (χ1n) is 3.50. The summed E-state index contributed by atoms with van der Waals surface area (Å²) in [7, 11) is 0. The van der Waals surface area contributed by atoms with Gasteiger partial charge in [0.1, 0.15) is 5.69 Å². The molecule has 0 aliphatic rings. The number of aromatic nitrogens is 2. The van der Waals surface area contributed by atoms with E-state index in [1.807, 2.05) is 13.8 Å². The predicted octanol–water partition coefficient (Wildman–Crippen LogP) is 2.10. The van der Waals surface area contributed by atoms with E-state index < -0.39 is 0 Å². The summed E-state index contributed by atoms with van der Waals surface area (Å²) in [4.78, 5) is 0. The smallest absolute Gasteiger partial charge is 0.102 e. The standard InChI is InChI=1S/C7H11BrN2O/c1-5(2)11-4-7-6(8)3-9-10-7/h3,5H,4H2,1-2H3,(H,9,10). The molecule has 1 aromatic heterocycles. The van der Waals surface area contributed by atoms with Gasteiger partial charge in [0.2, 0.25) is 0 Å². The van der Waals surface area contributed by atoms with Gasteiger partial charge in [-0.15, -0.1) is 0 Å². The topological polar surface area (TPSA) is 37.9 Å². The maximum Gasteiger partial charge on any atom is 0.102 e. The Morgan fingerprint density at radius 2 is 2.45 bits per heavy atom. The molecule has 0 radical (unpaired) electrons. The van der Waals surface area contributed by atoms with Crippen LogP contribution in [0.2, 0.25) is 0 Å². The van der Waals surface area contributed by atoms with Crippen molar-refractivity contribution in [3.8, 4) is 0 Å². The quantitative estimate of drug-likeness (QED) is 0.845. The Bertz CT molecular complexity index is 222. The van der Waals surface area contributed by atoms with Gasteiger partial charge in [0.25, 0.3) is 0 Å². The van der Waals surface area contributed by atoms with Crippen molar-refractivity contribution < 1.29 is 4.74 Å². The van der Waals surface area contributed by atoms with E-state index in [0.29, 0.717) is 6.61 Å². The molecule has 0 unspecified atom stereocenters. The number of rotatable bonds is 3. The number of hydrogen-bond donors (Lipinski definition) is 1. The van der Waals surface area contributed by atoms with Crippen LogP contribution >= 0.6 is 15.9 Å². The highest BCUT2D eigenvalue weighted by atomic mass is 79.9. The number of nitrogens with zero attached hydrogens (tertiary/aromatic N) is 1. The molecule has 0 saturated carbocycles. The molecule has 4 heteroatoms. The average molecular weight is 219 g/mol. The zero-order valence-electron chi connectivity index (χ0n) is 6.60. The van der Waals surface area contributed by atoms with Crippen LogP contribution in [0.3, 0.4) is 0 Å². The molecule has 0 bridgehead atoms. The van der Waals surface area contributed by atoms with Crippen molar-refractivity contribution in [1.82, 2.24) is 10.2 Å². The highest BCUT2D eigenvalue weighted by molar-refractivity contribution is 9.10. The van der Waals surface area contributed by atoms with Gasteiger partial charge < -0.3 is 4.74 Å². The molecule has 0 aliphatic heterocycles. The van der Waals surface area contributed by atoms with Crippen LogP contribution in [0.1, 0.15) is 19.5 Å². The Hall–Kier alpha value is -0.350. The minimum absolute atomic E-state index is 0.249. The Morgan fingerprint density at radius 1 is 1.73 bits per heavy atom. The van der Waals surface area contributed by atoms with E-state index in [1.54, 1.807) is 6.20 Å². The van der Waals surface area contributed by atoms with E-state index in [2.05, 4.69) is 26.1 Å². The Balaban J connectivity index is 2.44. The second-order valence-electron chi connectivity index (χ2n) is 2.54. The molecule has 0 aromatic carbocycles. The number of ether oxygens (including phenoxy) is 1. The fourth-order valence-electron chi connectivity index (χ4n) is 0.650. The van der Waals surface area contributed by atoms with E-state index in [1.165, 1.54) is 0 Å². The van der Waals surface area contributed by atoms with Crippen LogP contribution in [0.4, 0.5) is 0 Å². The number of nitrogens with one attached hydrogen (secondary N) is 1. The van der Waals surface area contributed by atoms with Crippen molar-refractivity contribution in [2.75, 3.05) is 0 Å². The third-order valence-corrected chi connectivity index (χ3v) is 1.91. The SMILES string of the molecule is CC(C)OCc1n[nH]cc1Br. The molecule has 11 heavy (non-hydrogen) atoms. The van der Waals surface area contributed by atoms with Crippen LogP contribution in [0.5, 0.6) is 0 Å². The fraction of sp³-hybridized carbons (Fsp3) is 0.571. The van der Waals surface area contributed by atoms with Crippen molar-refractivity contribution in [3.63, 3.8) is 0 Å². The molecule has 1 heterocycles. The van der Waals surface area contributed by atoms with Crippen LogP contribution in [0, 0.1) is 0 Å². The van der Waals surface area contributed by atoms with Gasteiger partial charge >= 0.3 is 0 Å². The second-order valence-corrected chi connectivity index (χ2v) is 3.39. The number of H-pyrrole nitrogens is 1. The van der Waals surface area contributed by atoms with Gasteiger partial charge in [0, 0.05) is 6.20 Å². The number of hydrogen-bond acceptors (Lipinski definition) is 2. The second kappa shape index (κ2) is 3.88. The van der Waals surface area contributed by atoms with Gasteiger partial charge in [-0.1, -0.05) is 0 Å². The summed E-state index contributed by atoms with van der Waals surface area (Å²) in [6, 6.07) is 0. The molecule has 3 nitrogen and oxygen atoms in total. The summed E-state index contributed by atoms with van der Waals surface area (Å²) >= 11 is 3.34. The molecule has 0 saturated heterocycles. The molecular formula is C7H11BrN2O. The Morgan fingerprint density at radius 3 is 2.91 bits per heavy atom. The molecule has 0 fully saturated rings. The maximum absolute atomic E-state index is 5.35. The van der Waals surface area contributed by atoms with E-state index in [0.717, 1.165) is 10.2 Å². The van der Waals surface area contributed by atoms with E-state index in [4.69, 9.17) is 4.74 Å². The van der Waals surface area contributed by atoms with E-state index >= 15 is 0 Å². The number of aromatic amines is 1. The predicted molar refractivity (Wildman–Crippen MR) is 46.2 cm³/mol. The lowest BCUT2D eigenvalue weighted by Crippen LogP contribution is -2.02. The van der Waals surface area contributed by atoms with Gasteiger partial charge in [-0.05, 0) is 29.8 Å². The zero-order valence-corrected chi connectivity index (χ0v) is 8.18. The van der Waals surface area contributed by atoms with Crippen LogP contribution in [0.15, 0.2) is 10.7 Å². The lowest BCUT2D eigenvalue weighted by atomic mass is 10.4. The highest BCUT2D eigenvalue weighted by Gasteiger charge is 2.02. The monoisotopic (exact) mass is 218 g/mol. The van der Waals surface area contributed by atoms with Crippen molar-refractivity contribution in [1.29, 1.82) is 0 Å². The summed E-state index contributed by atoms with van der Waals surface area (Å²) in [6.45, 7) is 4.56. The van der Waals surface area contributed by atoms with Gasteiger partial charge in [0.15, 0.2) is 0 Å². The average Bonchev–Trinajstić information content (AvgIpc) is 2.31. The summed E-state index contributed by atoms with van der Waals surface area (Å²) in [5.41, 5.74) is 0.915. The van der Waals surface area contributed by atoms with Crippen molar-refractivity contribution >= 4 is 15.9 Å². The first kappa shape index (κ1) is 8.74. The number of halogens is 1. The van der Waals surface area contributed by atoms with Crippen LogP contribution in [-0.4, -0.2) is 16.3 Å². The summed E-state index contributed by atoms with van der Waals surface area (Å²) in [5, 5.41) is 6.74. The molecule has 62 valence electrons. The molecule has 0 aliphatic carbocycles. The van der Waals surface area contributed by atoms with Gasteiger partial charge in [-0.3, -0.25) is 5.10 Å². The minimum Gasteiger partial charge on any atom is -0.372 e. The zero-order chi connectivity index (χ0) is 8.27. The van der Waals surface area contributed by atoms with Crippen LogP contribution < -0.4 is 0 Å². The first-order chi connectivity index (χ1) is 5.20. The van der Waals surface area contributed by atoms with Crippen LogP contribution in [-0.2, 0) is 11.3 Å². The minimum atomic E-state index is 0.249. The summed E-state index contributed by atoms with van der Waals surface area (Å²) in [5.74, 6) is 0. The van der Waals surface area contributed by atoms with Crippen molar-refractivity contribution in [2.24, 2.45) is 0 Å². The molecule has 1 N–H and O–H groups in total. The molecule has 0 atom stereocenters. The van der Waals surface area contributed by atoms with Crippen LogP contribution in [0.25, 0.3) is 0 Å². The third kappa shape index (κ3) is 2.63. The lowest BCUT2D eigenvalue weighted by molar-refractivity contribution is 0.0632. The summed E-state index contributed by atoms with van der Waals surface area (Å²) in [6.07, 6.45) is 2.04. The fourth-order valence-corrected chi connectivity index (χ4v) is 0.956. The van der Waals surface area contributed by atoms with Gasteiger partial charge in [-0.2, -0.15) is 5.10 Å². The van der Waals surface area contributed by atoms with E-state index in [9.17, 15) is 0 Å². The normalized spacial score (nSPS) is 10.9. The molecule has 1 rings (SSSR count). The molecule has 0 amide bonds. The maximum atomic E-state index is 5.35. The Labute approximate surface area is 74.3 Å². The molecular weight excluding hydrogens is 208 g/mol. The largest absolute Gasteiger partial charge is 0.372 e. The van der Waals surface area contributed by atoms with Gasteiger partial charge in [-0.25, -0.2) is 0 Å². The third-order valence-electron chi connectivity index (χ3n) is 1.22. The summed E-state index contributed by atoms with van der Waals surface area (Å²) < 4.78 is 6.33. The molecule has 0 spiro atoms. The van der Waals surface area contributed by atoms with Crippen molar-refractivity contribution in [3.05, 3.63) is 16.4 Å². The Kier molecular flexibility index (Phi) is 3.08. The highest BCUT2D eigenvalue weighted by Crippen LogP contribution is 2.13. The first-order valence-corrected chi connectivity index (χ1v) is 4.29. The molecule has 1 aromatic rings.